The minimum atomic E-state index is -0.937. The van der Waals surface area contributed by atoms with Gasteiger partial charge in [0.25, 0.3) is 5.91 Å². The average molecular weight is 268 g/mol. The van der Waals surface area contributed by atoms with E-state index in [-0.39, 0.29) is 11.5 Å². The molecule has 1 amide bonds. The van der Waals surface area contributed by atoms with Crippen molar-refractivity contribution < 1.29 is 14.1 Å². The molecule has 0 saturated heterocycles. The van der Waals surface area contributed by atoms with E-state index in [1.54, 1.807) is 4.90 Å². The molecule has 0 radical (unpaired) electrons. The van der Waals surface area contributed by atoms with Crippen molar-refractivity contribution in [2.45, 2.75) is 20.8 Å². The molecule has 1 aromatic carbocycles. The molecule has 19 heavy (non-hydrogen) atoms. The number of amides is 1. The van der Waals surface area contributed by atoms with E-state index >= 15 is 0 Å². The summed E-state index contributed by atoms with van der Waals surface area (Å²) in [4.78, 5) is 23.6. The van der Waals surface area contributed by atoms with Crippen LogP contribution in [0.2, 0.25) is 0 Å². The van der Waals surface area contributed by atoms with Gasteiger partial charge in [-0.2, -0.15) is 4.39 Å². The normalized spacial score (nSPS) is 10.6. The van der Waals surface area contributed by atoms with E-state index in [0.717, 1.165) is 12.1 Å². The Morgan fingerprint density at radius 2 is 2.11 bits per heavy atom. The number of rotatable bonds is 5. The van der Waals surface area contributed by atoms with Gasteiger partial charge in [-0.25, -0.2) is 0 Å². The van der Waals surface area contributed by atoms with Crippen LogP contribution in [0, 0.1) is 21.8 Å². The number of nitrogens with zero attached hydrogens (tertiary/aromatic N) is 2. The second-order valence-electron chi connectivity index (χ2n) is 4.66. The first-order chi connectivity index (χ1) is 8.86. The molecule has 1 rings (SSSR count). The number of hydrogen-bond donors (Lipinski definition) is 0. The average Bonchev–Trinajstić information content (AvgIpc) is 2.35. The van der Waals surface area contributed by atoms with E-state index in [4.69, 9.17) is 0 Å². The number of carbonyl (C=O) groups is 1. The fourth-order valence-electron chi connectivity index (χ4n) is 1.76. The third kappa shape index (κ3) is 3.74. The summed E-state index contributed by atoms with van der Waals surface area (Å²) in [5, 5.41) is 10.7. The SMILES string of the molecule is CCN(CC(C)C)C(=O)c1ccc(F)c([N+](=O)[O-])c1. The van der Waals surface area contributed by atoms with Crippen molar-refractivity contribution in [2.75, 3.05) is 13.1 Å². The Hall–Kier alpha value is -1.98. The highest BCUT2D eigenvalue weighted by Crippen LogP contribution is 2.19. The van der Waals surface area contributed by atoms with Crippen molar-refractivity contribution in [1.82, 2.24) is 4.90 Å². The van der Waals surface area contributed by atoms with Gasteiger partial charge in [-0.1, -0.05) is 13.8 Å². The van der Waals surface area contributed by atoms with Crippen molar-refractivity contribution >= 4 is 11.6 Å². The second-order valence-corrected chi connectivity index (χ2v) is 4.66. The Morgan fingerprint density at radius 3 is 2.58 bits per heavy atom. The third-order valence-corrected chi connectivity index (χ3v) is 2.64. The molecule has 0 aliphatic carbocycles. The molecule has 0 fully saturated rings. The number of hydrogen-bond acceptors (Lipinski definition) is 3. The van der Waals surface area contributed by atoms with Crippen molar-refractivity contribution in [1.29, 1.82) is 0 Å². The third-order valence-electron chi connectivity index (χ3n) is 2.64. The first kappa shape index (κ1) is 15.1. The summed E-state index contributed by atoms with van der Waals surface area (Å²) in [6, 6.07) is 3.21. The second kappa shape index (κ2) is 6.26. The number of nitro groups is 1. The van der Waals surface area contributed by atoms with Crippen LogP contribution in [0.4, 0.5) is 10.1 Å². The Balaban J connectivity index is 3.05. The van der Waals surface area contributed by atoms with Crippen molar-refractivity contribution in [3.8, 4) is 0 Å². The quantitative estimate of drug-likeness (QED) is 0.609. The zero-order chi connectivity index (χ0) is 14.6. The maximum atomic E-state index is 13.2. The minimum absolute atomic E-state index is 0.135. The first-order valence-corrected chi connectivity index (χ1v) is 6.10. The molecular formula is C13H17FN2O3. The van der Waals surface area contributed by atoms with Crippen molar-refractivity contribution in [3.63, 3.8) is 0 Å². The largest absolute Gasteiger partial charge is 0.339 e. The topological polar surface area (TPSA) is 63.5 Å². The molecule has 0 spiro atoms. The van der Waals surface area contributed by atoms with Crippen LogP contribution in [0.5, 0.6) is 0 Å². The molecular weight excluding hydrogens is 251 g/mol. The lowest BCUT2D eigenvalue weighted by atomic mass is 10.1. The highest BCUT2D eigenvalue weighted by molar-refractivity contribution is 5.94. The lowest BCUT2D eigenvalue weighted by Crippen LogP contribution is -2.34. The fraction of sp³-hybridized carbons (Fsp3) is 0.462. The van der Waals surface area contributed by atoms with E-state index in [1.807, 2.05) is 20.8 Å². The summed E-state index contributed by atoms with van der Waals surface area (Å²) in [6.07, 6.45) is 0. The molecule has 0 N–H and O–H groups in total. The highest BCUT2D eigenvalue weighted by atomic mass is 19.1. The molecule has 0 saturated carbocycles. The van der Waals surface area contributed by atoms with Gasteiger partial charge in [-0.05, 0) is 25.0 Å². The molecule has 5 nitrogen and oxygen atoms in total. The van der Waals surface area contributed by atoms with Gasteiger partial charge in [0.1, 0.15) is 0 Å². The first-order valence-electron chi connectivity index (χ1n) is 6.10. The number of carbonyl (C=O) groups excluding carboxylic acids is 1. The molecule has 0 atom stereocenters. The Labute approximate surface area is 111 Å². The van der Waals surface area contributed by atoms with Crippen LogP contribution in [-0.4, -0.2) is 28.8 Å². The van der Waals surface area contributed by atoms with Gasteiger partial charge in [-0.15, -0.1) is 0 Å². The van der Waals surface area contributed by atoms with Gasteiger partial charge < -0.3 is 4.90 Å². The molecule has 1 aromatic rings. The smallest absolute Gasteiger partial charge is 0.305 e. The van der Waals surface area contributed by atoms with Crippen LogP contribution in [0.25, 0.3) is 0 Å². The number of halogens is 1. The van der Waals surface area contributed by atoms with Gasteiger partial charge in [0, 0.05) is 24.7 Å². The highest BCUT2D eigenvalue weighted by Gasteiger charge is 2.20. The monoisotopic (exact) mass is 268 g/mol. The minimum Gasteiger partial charge on any atom is -0.339 e. The maximum absolute atomic E-state index is 13.2. The molecule has 0 aliphatic heterocycles. The molecule has 0 bridgehead atoms. The Morgan fingerprint density at radius 1 is 1.47 bits per heavy atom. The van der Waals surface area contributed by atoms with E-state index in [2.05, 4.69) is 0 Å². The van der Waals surface area contributed by atoms with E-state index in [9.17, 15) is 19.3 Å². The lowest BCUT2D eigenvalue weighted by molar-refractivity contribution is -0.387. The zero-order valence-corrected chi connectivity index (χ0v) is 11.2. The molecule has 0 unspecified atom stereocenters. The predicted octanol–water partition coefficient (Wildman–Crippen LogP) is 2.85. The van der Waals surface area contributed by atoms with Gasteiger partial charge in [-0.3, -0.25) is 14.9 Å². The number of nitro benzene ring substituents is 1. The summed E-state index contributed by atoms with van der Waals surface area (Å²) >= 11 is 0. The van der Waals surface area contributed by atoms with Crippen molar-refractivity contribution in [3.05, 3.63) is 39.7 Å². The summed E-state index contributed by atoms with van der Waals surface area (Å²) in [5.74, 6) is -0.966. The van der Waals surface area contributed by atoms with E-state index < -0.39 is 16.4 Å². The molecule has 104 valence electrons. The molecule has 0 aliphatic rings. The van der Waals surface area contributed by atoms with Crippen LogP contribution in [0.15, 0.2) is 18.2 Å². The maximum Gasteiger partial charge on any atom is 0.305 e. The Bertz CT molecular complexity index is 489. The van der Waals surface area contributed by atoms with Gasteiger partial charge in [0.2, 0.25) is 5.82 Å². The standard InChI is InChI=1S/C13H17FN2O3/c1-4-15(8-9(2)3)13(17)10-5-6-11(14)12(7-10)16(18)19/h5-7,9H,4,8H2,1-3H3. The van der Waals surface area contributed by atoms with Crippen LogP contribution in [-0.2, 0) is 0 Å². The summed E-state index contributed by atoms with van der Waals surface area (Å²) in [5.41, 5.74) is -0.540. The van der Waals surface area contributed by atoms with E-state index in [1.165, 1.54) is 6.07 Å². The van der Waals surface area contributed by atoms with Gasteiger partial charge >= 0.3 is 5.69 Å². The number of benzene rings is 1. The van der Waals surface area contributed by atoms with E-state index in [0.29, 0.717) is 19.0 Å². The summed E-state index contributed by atoms with van der Waals surface area (Å²) in [7, 11) is 0. The summed E-state index contributed by atoms with van der Waals surface area (Å²) < 4.78 is 13.2. The van der Waals surface area contributed by atoms with Crippen LogP contribution >= 0.6 is 0 Å². The Kier molecular flexibility index (Phi) is 4.97. The fourth-order valence-corrected chi connectivity index (χ4v) is 1.76. The molecule has 0 aromatic heterocycles. The van der Waals surface area contributed by atoms with Crippen molar-refractivity contribution in [2.24, 2.45) is 5.92 Å². The molecule has 0 heterocycles. The molecule has 6 heteroatoms. The van der Waals surface area contributed by atoms with Gasteiger partial charge in [0.05, 0.1) is 4.92 Å². The zero-order valence-electron chi connectivity index (χ0n) is 11.2. The van der Waals surface area contributed by atoms with Gasteiger partial charge in [0.15, 0.2) is 0 Å². The van der Waals surface area contributed by atoms with Crippen LogP contribution < -0.4 is 0 Å². The van der Waals surface area contributed by atoms with Crippen LogP contribution in [0.3, 0.4) is 0 Å². The summed E-state index contributed by atoms with van der Waals surface area (Å²) in [6.45, 7) is 6.84. The lowest BCUT2D eigenvalue weighted by Gasteiger charge is -2.22. The van der Waals surface area contributed by atoms with Crippen LogP contribution in [0.1, 0.15) is 31.1 Å². The predicted molar refractivity (Wildman–Crippen MR) is 69.5 cm³/mol.